The van der Waals surface area contributed by atoms with Crippen LogP contribution in [0, 0.1) is 6.92 Å². The lowest BCUT2D eigenvalue weighted by Crippen LogP contribution is -2.33. The number of hydrogen-bond acceptors (Lipinski definition) is 4. The Morgan fingerprint density at radius 2 is 2.20 bits per heavy atom. The van der Waals surface area contributed by atoms with Crippen molar-refractivity contribution in [1.29, 1.82) is 0 Å². The van der Waals surface area contributed by atoms with Gasteiger partial charge in [-0.05, 0) is 37.2 Å². The maximum absolute atomic E-state index is 6.06. The second-order valence-electron chi connectivity index (χ2n) is 5.22. The average Bonchev–Trinajstić information content (AvgIpc) is 2.87. The third-order valence-corrected chi connectivity index (χ3v) is 3.78. The van der Waals surface area contributed by atoms with Gasteiger partial charge in [-0.2, -0.15) is 0 Å². The van der Waals surface area contributed by atoms with Gasteiger partial charge >= 0.3 is 0 Å². The van der Waals surface area contributed by atoms with Crippen LogP contribution in [0.3, 0.4) is 0 Å². The Balaban J connectivity index is 1.91. The summed E-state index contributed by atoms with van der Waals surface area (Å²) in [5.74, 6) is 1.53. The molecule has 0 radical (unpaired) electrons. The fraction of sp³-hybridized carbons (Fsp3) is 0.312. The molecule has 0 fully saturated rings. The maximum Gasteiger partial charge on any atom is 0.128 e. The van der Waals surface area contributed by atoms with Gasteiger partial charge in [0.1, 0.15) is 17.7 Å². The van der Waals surface area contributed by atoms with E-state index in [9.17, 15) is 0 Å². The molecular formula is C16H19N3O. The molecule has 4 nitrogen and oxygen atoms in total. The van der Waals surface area contributed by atoms with Crippen molar-refractivity contribution in [2.24, 2.45) is 0 Å². The molecule has 2 unspecified atom stereocenters. The van der Waals surface area contributed by atoms with Crippen molar-refractivity contribution in [1.82, 2.24) is 10.3 Å². The van der Waals surface area contributed by atoms with E-state index < -0.39 is 0 Å². The number of likely N-dealkylation sites (N-methyl/N-ethyl adjacent to an activating group) is 1. The topological polar surface area (TPSA) is 60.2 Å². The zero-order valence-corrected chi connectivity index (χ0v) is 11.8. The molecule has 3 rings (SSSR count). The lowest BCUT2D eigenvalue weighted by Gasteiger charge is -2.24. The van der Waals surface area contributed by atoms with Crippen molar-refractivity contribution in [3.8, 4) is 5.75 Å². The number of nitrogen functional groups attached to an aromatic ring is 1. The summed E-state index contributed by atoms with van der Waals surface area (Å²) in [4.78, 5) is 4.25. The fourth-order valence-electron chi connectivity index (χ4n) is 2.79. The van der Waals surface area contributed by atoms with Crippen LogP contribution in [0.15, 0.2) is 36.5 Å². The van der Waals surface area contributed by atoms with Crippen LogP contribution in [0.25, 0.3) is 0 Å². The van der Waals surface area contributed by atoms with Crippen molar-refractivity contribution in [2.45, 2.75) is 25.5 Å². The van der Waals surface area contributed by atoms with Crippen LogP contribution in [-0.4, -0.2) is 18.1 Å². The summed E-state index contributed by atoms with van der Waals surface area (Å²) in [6.45, 7) is 2.02. The number of rotatable bonds is 3. The number of aromatic nitrogens is 1. The van der Waals surface area contributed by atoms with E-state index >= 15 is 0 Å². The number of aryl methyl sites for hydroxylation is 1. The van der Waals surface area contributed by atoms with Gasteiger partial charge in [0.25, 0.3) is 0 Å². The molecule has 2 atom stereocenters. The molecule has 0 aliphatic carbocycles. The van der Waals surface area contributed by atoms with Crippen molar-refractivity contribution in [3.05, 3.63) is 53.2 Å². The highest BCUT2D eigenvalue weighted by Crippen LogP contribution is 2.35. The van der Waals surface area contributed by atoms with Gasteiger partial charge < -0.3 is 15.8 Å². The molecule has 0 bridgehead atoms. The Bertz CT molecular complexity index is 602. The Morgan fingerprint density at radius 3 is 2.95 bits per heavy atom. The summed E-state index contributed by atoms with van der Waals surface area (Å²) >= 11 is 0. The first kappa shape index (κ1) is 12.9. The smallest absolute Gasteiger partial charge is 0.128 e. The lowest BCUT2D eigenvalue weighted by molar-refractivity contribution is 0.184. The van der Waals surface area contributed by atoms with Crippen LogP contribution < -0.4 is 15.8 Å². The highest BCUT2D eigenvalue weighted by Gasteiger charge is 2.31. The van der Waals surface area contributed by atoms with Gasteiger partial charge in [-0.3, -0.25) is 0 Å². The summed E-state index contributed by atoms with van der Waals surface area (Å²) in [5.41, 5.74) is 9.39. The van der Waals surface area contributed by atoms with Gasteiger partial charge in [-0.25, -0.2) is 4.98 Å². The normalized spacial score (nSPS) is 18.4. The Hall–Kier alpha value is -2.07. The minimum absolute atomic E-state index is 0.0369. The van der Waals surface area contributed by atoms with E-state index in [-0.39, 0.29) is 12.1 Å². The monoisotopic (exact) mass is 269 g/mol. The molecular weight excluding hydrogens is 250 g/mol. The van der Waals surface area contributed by atoms with E-state index in [0.717, 1.165) is 23.3 Å². The molecule has 0 saturated carbocycles. The largest absolute Gasteiger partial charge is 0.488 e. The number of hydrogen-bond donors (Lipinski definition) is 2. The summed E-state index contributed by atoms with van der Waals surface area (Å²) in [5, 5.41) is 3.32. The number of fused-ring (bicyclic) bond motifs is 1. The number of nitrogens with two attached hydrogens (primary N) is 1. The molecule has 1 aromatic carbocycles. The van der Waals surface area contributed by atoms with Crippen LogP contribution in [0.5, 0.6) is 5.75 Å². The molecule has 104 valence electrons. The quantitative estimate of drug-likeness (QED) is 0.897. The molecule has 0 spiro atoms. The van der Waals surface area contributed by atoms with E-state index in [2.05, 4.69) is 22.4 Å². The maximum atomic E-state index is 6.06. The molecule has 0 amide bonds. The van der Waals surface area contributed by atoms with E-state index in [4.69, 9.17) is 10.5 Å². The lowest BCUT2D eigenvalue weighted by atomic mass is 9.97. The number of pyridine rings is 1. The predicted molar refractivity (Wildman–Crippen MR) is 79.7 cm³/mol. The predicted octanol–water partition coefficient (Wildman–Crippen LogP) is 2.24. The number of anilines is 1. The van der Waals surface area contributed by atoms with Crippen LogP contribution in [0.4, 0.5) is 5.82 Å². The van der Waals surface area contributed by atoms with Crippen molar-refractivity contribution < 1.29 is 4.74 Å². The zero-order chi connectivity index (χ0) is 14.1. The van der Waals surface area contributed by atoms with Crippen molar-refractivity contribution in [3.63, 3.8) is 0 Å². The minimum Gasteiger partial charge on any atom is -0.488 e. The van der Waals surface area contributed by atoms with Crippen molar-refractivity contribution >= 4 is 5.82 Å². The molecule has 20 heavy (non-hydrogen) atoms. The minimum atomic E-state index is 0.0369. The fourth-order valence-corrected chi connectivity index (χ4v) is 2.79. The number of nitrogens with one attached hydrogen (secondary N) is 1. The first-order valence-corrected chi connectivity index (χ1v) is 6.83. The Labute approximate surface area is 119 Å². The summed E-state index contributed by atoms with van der Waals surface area (Å²) < 4.78 is 6.06. The van der Waals surface area contributed by atoms with Gasteiger partial charge in [0.05, 0.1) is 6.04 Å². The first-order valence-electron chi connectivity index (χ1n) is 6.83. The third kappa shape index (κ3) is 2.23. The second-order valence-corrected chi connectivity index (χ2v) is 5.22. The summed E-state index contributed by atoms with van der Waals surface area (Å²) in [6, 6.07) is 10.3. The molecule has 3 N–H and O–H groups in total. The van der Waals surface area contributed by atoms with Crippen LogP contribution in [0.2, 0.25) is 0 Å². The van der Waals surface area contributed by atoms with Crippen LogP contribution >= 0.6 is 0 Å². The number of nitrogens with zero attached hydrogens (tertiary/aromatic N) is 1. The van der Waals surface area contributed by atoms with Crippen LogP contribution in [0.1, 0.15) is 22.7 Å². The van der Waals surface area contributed by atoms with Gasteiger partial charge in [0, 0.05) is 18.2 Å². The molecule has 2 aromatic rings. The summed E-state index contributed by atoms with van der Waals surface area (Å²) in [7, 11) is 1.93. The average molecular weight is 269 g/mol. The first-order chi connectivity index (χ1) is 9.69. The molecule has 4 heteroatoms. The number of para-hydroxylation sites is 1. The third-order valence-electron chi connectivity index (χ3n) is 3.78. The number of benzene rings is 1. The Morgan fingerprint density at radius 1 is 1.40 bits per heavy atom. The zero-order valence-electron chi connectivity index (χ0n) is 11.8. The standard InChI is InChI=1S/C16H19N3O/c1-10-7-12(16(17)19-9-10)15(18-2)14-8-11-5-3-4-6-13(11)20-14/h3-7,9,14-15,18H,8H2,1-2H3,(H2,17,19). The van der Waals surface area contributed by atoms with E-state index in [1.807, 2.05) is 32.2 Å². The highest BCUT2D eigenvalue weighted by molar-refractivity contribution is 5.45. The SMILES string of the molecule is CNC(c1cc(C)cnc1N)C1Cc2ccccc2O1. The van der Waals surface area contributed by atoms with E-state index in [1.165, 1.54) is 5.56 Å². The van der Waals surface area contributed by atoms with Crippen molar-refractivity contribution in [2.75, 3.05) is 12.8 Å². The van der Waals surface area contributed by atoms with Gasteiger partial charge in [0.2, 0.25) is 0 Å². The Kier molecular flexibility index (Phi) is 3.32. The molecule has 1 aliphatic rings. The van der Waals surface area contributed by atoms with Gasteiger partial charge in [-0.1, -0.05) is 18.2 Å². The summed E-state index contributed by atoms with van der Waals surface area (Å²) in [6.07, 6.45) is 2.72. The molecule has 1 aromatic heterocycles. The van der Waals surface area contributed by atoms with Gasteiger partial charge in [0.15, 0.2) is 0 Å². The van der Waals surface area contributed by atoms with E-state index in [1.54, 1.807) is 6.20 Å². The number of ether oxygens (including phenoxy) is 1. The molecule has 0 saturated heterocycles. The van der Waals surface area contributed by atoms with E-state index in [0.29, 0.717) is 5.82 Å². The second kappa shape index (κ2) is 5.13. The van der Waals surface area contributed by atoms with Crippen LogP contribution in [-0.2, 0) is 6.42 Å². The molecule has 2 heterocycles. The highest BCUT2D eigenvalue weighted by atomic mass is 16.5. The molecule has 1 aliphatic heterocycles. The van der Waals surface area contributed by atoms with Gasteiger partial charge in [-0.15, -0.1) is 0 Å².